The van der Waals surface area contributed by atoms with Crippen LogP contribution in [0.1, 0.15) is 0 Å². The predicted molar refractivity (Wildman–Crippen MR) is 157 cm³/mol. The number of para-hydroxylation sites is 1. The molecule has 0 fully saturated rings. The van der Waals surface area contributed by atoms with Gasteiger partial charge in [-0.2, -0.15) is 0 Å². The Hall–Kier alpha value is -2.64. The molecule has 33 heavy (non-hydrogen) atoms. The highest BCUT2D eigenvalue weighted by atomic mass is 127. The summed E-state index contributed by atoms with van der Waals surface area (Å²) in [5.41, 5.74) is 8.32. The first-order valence-electron chi connectivity index (χ1n) is 10.7. The zero-order valence-corrected chi connectivity index (χ0v) is 22.1. The van der Waals surface area contributed by atoms with E-state index in [-0.39, 0.29) is 0 Å². The van der Waals surface area contributed by atoms with Gasteiger partial charge in [-0.05, 0) is 128 Å². The van der Waals surface area contributed by atoms with E-state index in [1.165, 1.54) is 29.4 Å². The summed E-state index contributed by atoms with van der Waals surface area (Å²) in [5.74, 6) is 0. The van der Waals surface area contributed by atoms with Crippen molar-refractivity contribution in [3.63, 3.8) is 0 Å². The van der Waals surface area contributed by atoms with Gasteiger partial charge < -0.3 is 4.90 Å². The van der Waals surface area contributed by atoms with E-state index in [9.17, 15) is 0 Å². The molecule has 0 aliphatic heterocycles. The molecule has 160 valence electrons. The Labute approximate surface area is 222 Å². The van der Waals surface area contributed by atoms with Crippen LogP contribution < -0.4 is 4.90 Å². The summed E-state index contributed by atoms with van der Waals surface area (Å²) < 4.78 is 2.49. The molecule has 0 radical (unpaired) electrons. The van der Waals surface area contributed by atoms with Crippen molar-refractivity contribution in [1.29, 1.82) is 0 Å². The minimum Gasteiger partial charge on any atom is -0.311 e. The van der Waals surface area contributed by atoms with Crippen molar-refractivity contribution >= 4 is 62.2 Å². The summed E-state index contributed by atoms with van der Waals surface area (Å²) in [6.45, 7) is 0. The zero-order chi connectivity index (χ0) is 22.6. The second kappa shape index (κ2) is 10.1. The van der Waals surface area contributed by atoms with Gasteiger partial charge in [0.15, 0.2) is 0 Å². The lowest BCUT2D eigenvalue weighted by atomic mass is 10.0. The van der Waals surface area contributed by atoms with E-state index in [2.05, 4.69) is 177 Å². The third kappa shape index (κ3) is 5.14. The molecule has 0 unspecified atom stereocenters. The first-order valence-corrected chi connectivity index (χ1v) is 12.9. The van der Waals surface area contributed by atoms with E-state index in [0.29, 0.717) is 0 Å². The molecule has 0 N–H and O–H groups in total. The number of anilines is 3. The SMILES string of the molecule is Ic1ccc(-c2ccc(N(c3ccccc3)c3ccc(-c4ccc(I)cc4)cc3)cc2)cc1. The van der Waals surface area contributed by atoms with Crippen molar-refractivity contribution < 1.29 is 0 Å². The normalized spacial score (nSPS) is 10.7. The van der Waals surface area contributed by atoms with Gasteiger partial charge in [0.25, 0.3) is 0 Å². The fourth-order valence-electron chi connectivity index (χ4n) is 3.91. The fraction of sp³-hybridized carbons (Fsp3) is 0. The first kappa shape index (κ1) is 22.2. The molecule has 0 saturated carbocycles. The molecular weight excluding hydrogens is 628 g/mol. The molecular formula is C30H21I2N. The highest BCUT2D eigenvalue weighted by molar-refractivity contribution is 14.1. The van der Waals surface area contributed by atoms with E-state index < -0.39 is 0 Å². The van der Waals surface area contributed by atoms with Crippen LogP contribution in [0.2, 0.25) is 0 Å². The van der Waals surface area contributed by atoms with E-state index in [4.69, 9.17) is 0 Å². The summed E-state index contributed by atoms with van der Waals surface area (Å²) >= 11 is 4.69. The van der Waals surface area contributed by atoms with E-state index in [0.717, 1.165) is 17.1 Å². The van der Waals surface area contributed by atoms with Crippen LogP contribution in [0.3, 0.4) is 0 Å². The Morgan fingerprint density at radius 3 is 1.00 bits per heavy atom. The molecule has 1 nitrogen and oxygen atoms in total. The molecule has 0 aliphatic carbocycles. The number of rotatable bonds is 5. The van der Waals surface area contributed by atoms with Gasteiger partial charge >= 0.3 is 0 Å². The van der Waals surface area contributed by atoms with Crippen LogP contribution in [0.5, 0.6) is 0 Å². The topological polar surface area (TPSA) is 3.24 Å². The Kier molecular flexibility index (Phi) is 6.78. The molecule has 0 bridgehead atoms. The molecule has 5 rings (SSSR count). The van der Waals surface area contributed by atoms with Gasteiger partial charge in [0.1, 0.15) is 0 Å². The third-order valence-electron chi connectivity index (χ3n) is 5.62. The summed E-state index contributed by atoms with van der Waals surface area (Å²) in [5, 5.41) is 0. The summed E-state index contributed by atoms with van der Waals surface area (Å²) in [6.07, 6.45) is 0. The zero-order valence-electron chi connectivity index (χ0n) is 17.8. The molecule has 0 atom stereocenters. The molecule has 0 aromatic heterocycles. The van der Waals surface area contributed by atoms with Gasteiger partial charge in [-0.25, -0.2) is 0 Å². The second-order valence-electron chi connectivity index (χ2n) is 7.78. The average molecular weight is 649 g/mol. The quantitative estimate of drug-likeness (QED) is 0.172. The van der Waals surface area contributed by atoms with Gasteiger partial charge in [-0.15, -0.1) is 0 Å². The number of benzene rings is 5. The van der Waals surface area contributed by atoms with Gasteiger partial charge in [-0.3, -0.25) is 0 Å². The average Bonchev–Trinajstić information content (AvgIpc) is 2.87. The maximum absolute atomic E-state index is 2.34. The maximum Gasteiger partial charge on any atom is 0.0462 e. The largest absolute Gasteiger partial charge is 0.311 e. The van der Waals surface area contributed by atoms with Crippen LogP contribution in [0.4, 0.5) is 17.1 Å². The fourth-order valence-corrected chi connectivity index (χ4v) is 4.63. The molecule has 3 heteroatoms. The van der Waals surface area contributed by atoms with Crippen LogP contribution in [0.15, 0.2) is 127 Å². The second-order valence-corrected chi connectivity index (χ2v) is 10.3. The molecule has 0 heterocycles. The van der Waals surface area contributed by atoms with E-state index in [1.54, 1.807) is 0 Å². The van der Waals surface area contributed by atoms with Crippen molar-refractivity contribution in [1.82, 2.24) is 0 Å². The predicted octanol–water partition coefficient (Wildman–Crippen LogP) is 9.70. The van der Waals surface area contributed by atoms with Crippen molar-refractivity contribution in [2.45, 2.75) is 0 Å². The van der Waals surface area contributed by atoms with Crippen molar-refractivity contribution in [3.8, 4) is 22.3 Å². The smallest absolute Gasteiger partial charge is 0.0462 e. The first-order chi connectivity index (χ1) is 16.2. The van der Waals surface area contributed by atoms with Gasteiger partial charge in [0.2, 0.25) is 0 Å². The summed E-state index contributed by atoms with van der Waals surface area (Å²) in [6, 6.07) is 45.4. The van der Waals surface area contributed by atoms with Crippen LogP contribution in [0, 0.1) is 7.14 Å². The van der Waals surface area contributed by atoms with Crippen LogP contribution >= 0.6 is 45.2 Å². The molecule has 5 aromatic rings. The van der Waals surface area contributed by atoms with Crippen molar-refractivity contribution in [3.05, 3.63) is 135 Å². The number of hydrogen-bond acceptors (Lipinski definition) is 1. The van der Waals surface area contributed by atoms with Crippen LogP contribution in [-0.4, -0.2) is 0 Å². The monoisotopic (exact) mass is 649 g/mol. The maximum atomic E-state index is 2.34. The lowest BCUT2D eigenvalue weighted by Crippen LogP contribution is -2.09. The summed E-state index contributed by atoms with van der Waals surface area (Å²) in [4.78, 5) is 2.30. The Morgan fingerprint density at radius 2 is 0.636 bits per heavy atom. The summed E-state index contributed by atoms with van der Waals surface area (Å²) in [7, 11) is 0. The lowest BCUT2D eigenvalue weighted by Gasteiger charge is -2.26. The minimum absolute atomic E-state index is 1.14. The van der Waals surface area contributed by atoms with Gasteiger partial charge in [-0.1, -0.05) is 66.7 Å². The van der Waals surface area contributed by atoms with E-state index in [1.807, 2.05) is 0 Å². The van der Waals surface area contributed by atoms with Gasteiger partial charge in [0.05, 0.1) is 0 Å². The lowest BCUT2D eigenvalue weighted by molar-refractivity contribution is 1.28. The highest BCUT2D eigenvalue weighted by Crippen LogP contribution is 2.36. The van der Waals surface area contributed by atoms with Crippen LogP contribution in [-0.2, 0) is 0 Å². The molecule has 0 spiro atoms. The minimum atomic E-state index is 1.14. The molecule has 0 aliphatic rings. The highest BCUT2D eigenvalue weighted by Gasteiger charge is 2.12. The molecule has 0 amide bonds. The molecule has 0 saturated heterocycles. The molecule has 5 aromatic carbocycles. The Balaban J connectivity index is 1.50. The number of nitrogens with zero attached hydrogens (tertiary/aromatic N) is 1. The standard InChI is InChI=1S/C30H21I2N/c31-26-14-6-22(7-15-26)24-10-18-29(19-11-24)33(28-4-2-1-3-5-28)30-20-12-25(13-21-30)23-8-16-27(32)17-9-23/h1-21H. The van der Waals surface area contributed by atoms with Gasteiger partial charge in [0, 0.05) is 24.2 Å². The van der Waals surface area contributed by atoms with Crippen molar-refractivity contribution in [2.24, 2.45) is 0 Å². The number of hydrogen-bond donors (Lipinski definition) is 0. The van der Waals surface area contributed by atoms with Crippen molar-refractivity contribution in [2.75, 3.05) is 4.90 Å². The Morgan fingerprint density at radius 1 is 0.333 bits per heavy atom. The Bertz CT molecular complexity index is 1240. The van der Waals surface area contributed by atoms with E-state index >= 15 is 0 Å². The number of halogens is 2. The van der Waals surface area contributed by atoms with Crippen LogP contribution in [0.25, 0.3) is 22.3 Å². The third-order valence-corrected chi connectivity index (χ3v) is 7.06.